The van der Waals surface area contributed by atoms with E-state index in [9.17, 15) is 4.39 Å². The minimum atomic E-state index is -0.179. The first-order valence-electron chi connectivity index (χ1n) is 11.5. The second kappa shape index (κ2) is 13.0. The number of halogens is 1. The summed E-state index contributed by atoms with van der Waals surface area (Å²) in [6.07, 6.45) is 5.26. The molecule has 2 aromatic rings. The molecule has 0 unspecified atom stereocenters. The summed E-state index contributed by atoms with van der Waals surface area (Å²) in [7, 11) is 0. The summed E-state index contributed by atoms with van der Waals surface area (Å²) in [6.45, 7) is 15.9. The molecule has 0 aliphatic heterocycles. The van der Waals surface area contributed by atoms with Gasteiger partial charge in [0, 0.05) is 42.5 Å². The van der Waals surface area contributed by atoms with Crippen molar-refractivity contribution in [3.8, 4) is 0 Å². The van der Waals surface area contributed by atoms with Crippen LogP contribution in [-0.4, -0.2) is 23.9 Å². The summed E-state index contributed by atoms with van der Waals surface area (Å²) in [4.78, 5) is 9.31. The monoisotopic (exact) mass is 451 g/mol. The van der Waals surface area contributed by atoms with Gasteiger partial charge in [0.05, 0.1) is 12.4 Å². The number of hydrogen-bond donors (Lipinski definition) is 3. The van der Waals surface area contributed by atoms with Gasteiger partial charge in [0.15, 0.2) is 0 Å². The van der Waals surface area contributed by atoms with E-state index in [-0.39, 0.29) is 5.82 Å². The first-order chi connectivity index (χ1) is 15.7. The Morgan fingerprint density at radius 1 is 1.24 bits per heavy atom. The van der Waals surface area contributed by atoms with Crippen molar-refractivity contribution < 1.29 is 4.39 Å². The molecule has 0 radical (unpaired) electrons. The van der Waals surface area contributed by atoms with Crippen molar-refractivity contribution in [2.75, 3.05) is 13.2 Å². The van der Waals surface area contributed by atoms with Gasteiger partial charge in [-0.05, 0) is 68.4 Å². The molecule has 0 spiro atoms. The van der Waals surface area contributed by atoms with E-state index in [0.717, 1.165) is 46.6 Å². The minimum Gasteiger partial charge on any atom is -0.373 e. The van der Waals surface area contributed by atoms with Crippen LogP contribution in [0.3, 0.4) is 0 Å². The fraction of sp³-hybridized carbons (Fsp3) is 0.407. The number of pyridine rings is 1. The molecule has 2 rings (SSSR count). The number of aromatic nitrogens is 1. The molecule has 33 heavy (non-hydrogen) atoms. The standard InChI is InChI=1S/C27H38FN5/c1-18(2)14-32-26(19(3)4)15-30-16-27-24(23(11-12-31-27)21(6)33-17-29)9-7-22-8-10-25(28)20(5)13-22/h8,10-14,19,30,33H,6-7,9,15-17,29H2,1-5H3. The number of nitrogens with two attached hydrogens (primary N) is 1. The molecule has 6 heteroatoms. The zero-order chi connectivity index (χ0) is 24.4. The van der Waals surface area contributed by atoms with Crippen LogP contribution < -0.4 is 16.4 Å². The first-order valence-corrected chi connectivity index (χ1v) is 11.5. The van der Waals surface area contributed by atoms with Crippen LogP contribution in [0.2, 0.25) is 0 Å². The van der Waals surface area contributed by atoms with Gasteiger partial charge in [-0.3, -0.25) is 9.98 Å². The van der Waals surface area contributed by atoms with E-state index >= 15 is 0 Å². The van der Waals surface area contributed by atoms with Crippen LogP contribution in [0.25, 0.3) is 5.70 Å². The lowest BCUT2D eigenvalue weighted by Crippen LogP contribution is -2.27. The number of aryl methyl sites for hydroxylation is 2. The number of allylic oxidation sites excluding steroid dienone is 1. The molecule has 0 aliphatic rings. The minimum absolute atomic E-state index is 0.179. The smallest absolute Gasteiger partial charge is 0.126 e. The van der Waals surface area contributed by atoms with Crippen molar-refractivity contribution in [1.82, 2.24) is 15.6 Å². The van der Waals surface area contributed by atoms with Crippen molar-refractivity contribution >= 4 is 11.4 Å². The topological polar surface area (TPSA) is 75.3 Å². The SMILES string of the molecule is C=C(NCN)c1ccnc(CNCC(=NC=C(C)C)C(C)C)c1CCc1ccc(F)c(C)c1. The highest BCUT2D eigenvalue weighted by Crippen LogP contribution is 2.21. The average molecular weight is 452 g/mol. The highest BCUT2D eigenvalue weighted by molar-refractivity contribution is 5.88. The number of rotatable bonds is 12. The predicted octanol–water partition coefficient (Wildman–Crippen LogP) is 4.90. The first kappa shape index (κ1) is 26.4. The normalized spacial score (nSPS) is 11.6. The van der Waals surface area contributed by atoms with Gasteiger partial charge in [-0.15, -0.1) is 0 Å². The zero-order valence-electron chi connectivity index (χ0n) is 20.6. The van der Waals surface area contributed by atoms with Gasteiger partial charge in [-0.1, -0.05) is 38.1 Å². The molecular weight excluding hydrogens is 413 g/mol. The molecule has 0 amide bonds. The number of hydrogen-bond acceptors (Lipinski definition) is 5. The van der Waals surface area contributed by atoms with Gasteiger partial charge in [-0.25, -0.2) is 4.39 Å². The Kier molecular flexibility index (Phi) is 10.4. The van der Waals surface area contributed by atoms with E-state index in [1.807, 2.05) is 44.4 Å². The quantitative estimate of drug-likeness (QED) is 0.317. The van der Waals surface area contributed by atoms with Crippen molar-refractivity contribution in [3.05, 3.63) is 82.6 Å². The highest BCUT2D eigenvalue weighted by Gasteiger charge is 2.14. The fourth-order valence-electron chi connectivity index (χ4n) is 3.52. The maximum atomic E-state index is 13.7. The Balaban J connectivity index is 2.24. The Hall–Kier alpha value is -2.83. The summed E-state index contributed by atoms with van der Waals surface area (Å²) in [5.41, 5.74) is 13.6. The Morgan fingerprint density at radius 2 is 2.00 bits per heavy atom. The Labute approximate surface area is 198 Å². The number of benzene rings is 1. The summed E-state index contributed by atoms with van der Waals surface area (Å²) in [6, 6.07) is 7.25. The lowest BCUT2D eigenvalue weighted by atomic mass is 9.96. The molecule has 1 aromatic heterocycles. The molecule has 4 N–H and O–H groups in total. The van der Waals surface area contributed by atoms with E-state index < -0.39 is 0 Å². The van der Waals surface area contributed by atoms with Crippen molar-refractivity contribution in [2.45, 2.75) is 54.0 Å². The van der Waals surface area contributed by atoms with E-state index in [1.54, 1.807) is 6.92 Å². The summed E-state index contributed by atoms with van der Waals surface area (Å²) >= 11 is 0. The molecular formula is C27H38FN5. The number of nitrogens with one attached hydrogen (secondary N) is 2. The van der Waals surface area contributed by atoms with Crippen molar-refractivity contribution in [1.29, 1.82) is 0 Å². The zero-order valence-corrected chi connectivity index (χ0v) is 20.6. The molecule has 0 atom stereocenters. The van der Waals surface area contributed by atoms with Crippen LogP contribution >= 0.6 is 0 Å². The van der Waals surface area contributed by atoms with Crippen LogP contribution in [0.5, 0.6) is 0 Å². The van der Waals surface area contributed by atoms with Crippen molar-refractivity contribution in [2.24, 2.45) is 16.6 Å². The molecule has 0 saturated heterocycles. The van der Waals surface area contributed by atoms with Crippen molar-refractivity contribution in [3.63, 3.8) is 0 Å². The molecule has 5 nitrogen and oxygen atoms in total. The molecule has 0 bridgehead atoms. The molecule has 0 saturated carbocycles. The Bertz CT molecular complexity index is 1000. The maximum Gasteiger partial charge on any atom is 0.126 e. The van der Waals surface area contributed by atoms with Crippen LogP contribution in [0.15, 0.2) is 53.8 Å². The lowest BCUT2D eigenvalue weighted by Gasteiger charge is -2.18. The molecule has 0 fully saturated rings. The second-order valence-electron chi connectivity index (χ2n) is 8.81. The van der Waals surface area contributed by atoms with E-state index in [2.05, 4.69) is 41.0 Å². The third kappa shape index (κ3) is 8.22. The largest absolute Gasteiger partial charge is 0.373 e. The van der Waals surface area contributed by atoms with E-state index in [1.165, 1.54) is 11.6 Å². The molecule has 178 valence electrons. The van der Waals surface area contributed by atoms with Gasteiger partial charge in [-0.2, -0.15) is 0 Å². The van der Waals surface area contributed by atoms with Gasteiger partial charge < -0.3 is 16.4 Å². The molecule has 1 heterocycles. The second-order valence-corrected chi connectivity index (χ2v) is 8.81. The lowest BCUT2D eigenvalue weighted by molar-refractivity contribution is 0.617. The van der Waals surface area contributed by atoms with Gasteiger partial charge in [0.2, 0.25) is 0 Å². The maximum absolute atomic E-state index is 13.7. The van der Waals surface area contributed by atoms with Crippen LogP contribution in [0.1, 0.15) is 55.6 Å². The highest BCUT2D eigenvalue weighted by atomic mass is 19.1. The summed E-state index contributed by atoms with van der Waals surface area (Å²) in [5.74, 6) is 0.170. The van der Waals surface area contributed by atoms with Crippen LogP contribution in [-0.2, 0) is 19.4 Å². The van der Waals surface area contributed by atoms with Gasteiger partial charge >= 0.3 is 0 Å². The summed E-state index contributed by atoms with van der Waals surface area (Å²) in [5, 5.41) is 6.63. The van der Waals surface area contributed by atoms with E-state index in [4.69, 9.17) is 5.73 Å². The Morgan fingerprint density at radius 3 is 2.64 bits per heavy atom. The van der Waals surface area contributed by atoms with Gasteiger partial charge in [0.25, 0.3) is 0 Å². The average Bonchev–Trinajstić information content (AvgIpc) is 2.76. The predicted molar refractivity (Wildman–Crippen MR) is 137 cm³/mol. The third-order valence-electron chi connectivity index (χ3n) is 5.43. The fourth-order valence-corrected chi connectivity index (χ4v) is 3.52. The van der Waals surface area contributed by atoms with Crippen LogP contribution in [0, 0.1) is 18.7 Å². The molecule has 0 aliphatic carbocycles. The number of aliphatic imine (C=N–C) groups is 1. The van der Waals surface area contributed by atoms with Crippen LogP contribution in [0.4, 0.5) is 4.39 Å². The van der Waals surface area contributed by atoms with E-state index in [0.29, 0.717) is 31.2 Å². The molecule has 1 aromatic carbocycles. The third-order valence-corrected chi connectivity index (χ3v) is 5.43. The van der Waals surface area contributed by atoms with Gasteiger partial charge in [0.1, 0.15) is 5.82 Å². The summed E-state index contributed by atoms with van der Waals surface area (Å²) < 4.78 is 13.7. The number of nitrogens with zero attached hydrogens (tertiary/aromatic N) is 2.